The topological polar surface area (TPSA) is 96.9 Å². The number of benzene rings is 1. The van der Waals surface area contributed by atoms with Crippen molar-refractivity contribution in [3.8, 4) is 0 Å². The van der Waals surface area contributed by atoms with Gasteiger partial charge in [-0.25, -0.2) is 9.98 Å². The fourth-order valence-corrected chi connectivity index (χ4v) is 2.24. The standard InChI is InChI=1S/C17H18N4O3/c1-10(8-19-12(3)18-4)13-5-6-15-14(7-13)17(11(2)22)20-21(15)9-16(23)24/h5-8H,4,9H2,1-3H3,(H,23,24)/b10-8+,19-12-. The minimum atomic E-state index is -1.02. The lowest BCUT2D eigenvalue weighted by Gasteiger charge is -2.03. The quantitative estimate of drug-likeness (QED) is 0.519. The molecule has 7 heteroatoms. The van der Waals surface area contributed by atoms with Gasteiger partial charge in [0.1, 0.15) is 18.1 Å². The highest BCUT2D eigenvalue weighted by atomic mass is 16.4. The fourth-order valence-electron chi connectivity index (χ4n) is 2.24. The maximum Gasteiger partial charge on any atom is 0.325 e. The zero-order valence-corrected chi connectivity index (χ0v) is 13.8. The molecule has 1 heterocycles. The molecule has 1 N–H and O–H groups in total. The number of nitrogens with zero attached hydrogens (tertiary/aromatic N) is 4. The van der Waals surface area contributed by atoms with Crippen LogP contribution in [0.5, 0.6) is 0 Å². The molecule has 1 aromatic carbocycles. The smallest absolute Gasteiger partial charge is 0.325 e. The van der Waals surface area contributed by atoms with Gasteiger partial charge in [-0.1, -0.05) is 6.07 Å². The Bertz CT molecular complexity index is 891. The van der Waals surface area contributed by atoms with E-state index in [4.69, 9.17) is 5.11 Å². The van der Waals surface area contributed by atoms with E-state index in [0.717, 1.165) is 11.1 Å². The molecule has 0 aliphatic rings. The van der Waals surface area contributed by atoms with Crippen LogP contribution in [0.15, 0.2) is 34.4 Å². The second-order valence-electron chi connectivity index (χ2n) is 5.33. The van der Waals surface area contributed by atoms with Crippen molar-refractivity contribution in [1.82, 2.24) is 9.78 Å². The van der Waals surface area contributed by atoms with Gasteiger partial charge in [0, 0.05) is 18.5 Å². The van der Waals surface area contributed by atoms with Crippen LogP contribution in [0.3, 0.4) is 0 Å². The zero-order valence-electron chi connectivity index (χ0n) is 13.8. The monoisotopic (exact) mass is 326 g/mol. The summed E-state index contributed by atoms with van der Waals surface area (Å²) >= 11 is 0. The highest BCUT2D eigenvalue weighted by Crippen LogP contribution is 2.24. The Morgan fingerprint density at radius 3 is 2.62 bits per heavy atom. The van der Waals surface area contributed by atoms with Crippen molar-refractivity contribution in [3.63, 3.8) is 0 Å². The number of hydrogen-bond donors (Lipinski definition) is 1. The number of carbonyl (C=O) groups excluding carboxylic acids is 1. The predicted octanol–water partition coefficient (Wildman–Crippen LogP) is 2.80. The van der Waals surface area contributed by atoms with Crippen LogP contribution < -0.4 is 0 Å². The van der Waals surface area contributed by atoms with Crippen LogP contribution in [-0.4, -0.2) is 39.2 Å². The molecular formula is C17H18N4O3. The number of aromatic nitrogens is 2. The van der Waals surface area contributed by atoms with E-state index in [-0.39, 0.29) is 18.0 Å². The predicted molar refractivity (Wildman–Crippen MR) is 93.7 cm³/mol. The van der Waals surface area contributed by atoms with Crippen LogP contribution in [0.4, 0.5) is 0 Å². The minimum absolute atomic E-state index is 0.215. The third-order valence-corrected chi connectivity index (χ3v) is 3.50. The maximum atomic E-state index is 11.8. The first kappa shape index (κ1) is 17.3. The summed E-state index contributed by atoms with van der Waals surface area (Å²) in [6, 6.07) is 5.41. The fraction of sp³-hybridized carbons (Fsp3) is 0.235. The first-order valence-electron chi connectivity index (χ1n) is 7.25. The van der Waals surface area contributed by atoms with Gasteiger partial charge >= 0.3 is 5.97 Å². The Kier molecular flexibility index (Phi) is 5.03. The normalized spacial score (nSPS) is 12.5. The van der Waals surface area contributed by atoms with Crippen LogP contribution >= 0.6 is 0 Å². The molecule has 0 amide bonds. The number of carbonyl (C=O) groups is 2. The molecule has 0 unspecified atom stereocenters. The number of carboxylic acids is 1. The Balaban J connectivity index is 2.57. The highest BCUT2D eigenvalue weighted by Gasteiger charge is 2.16. The molecule has 0 saturated carbocycles. The molecule has 7 nitrogen and oxygen atoms in total. The second kappa shape index (κ2) is 6.99. The molecule has 1 aromatic heterocycles. The van der Waals surface area contributed by atoms with E-state index in [1.165, 1.54) is 11.6 Å². The molecular weight excluding hydrogens is 308 g/mol. The number of rotatable bonds is 5. The highest BCUT2D eigenvalue weighted by molar-refractivity contribution is 6.05. The van der Waals surface area contributed by atoms with Crippen LogP contribution in [0, 0.1) is 0 Å². The number of fused-ring (bicyclic) bond motifs is 1. The summed E-state index contributed by atoms with van der Waals surface area (Å²) in [5, 5.41) is 13.7. The first-order valence-corrected chi connectivity index (χ1v) is 7.25. The Hall–Kier alpha value is -3.09. The average molecular weight is 326 g/mol. The Morgan fingerprint density at radius 1 is 1.33 bits per heavy atom. The number of amidine groups is 1. The van der Waals surface area contributed by atoms with Crippen molar-refractivity contribution in [2.45, 2.75) is 27.3 Å². The molecule has 0 atom stereocenters. The molecule has 0 spiro atoms. The second-order valence-corrected chi connectivity index (χ2v) is 5.33. The molecule has 0 bridgehead atoms. The van der Waals surface area contributed by atoms with Gasteiger partial charge < -0.3 is 5.11 Å². The average Bonchev–Trinajstić information content (AvgIpc) is 2.89. The van der Waals surface area contributed by atoms with Gasteiger partial charge in [-0.05, 0) is 43.8 Å². The minimum Gasteiger partial charge on any atom is -0.480 e. The molecule has 0 aliphatic heterocycles. The van der Waals surface area contributed by atoms with Gasteiger partial charge in [-0.3, -0.25) is 14.3 Å². The lowest BCUT2D eigenvalue weighted by molar-refractivity contribution is -0.137. The van der Waals surface area contributed by atoms with E-state index in [0.29, 0.717) is 16.7 Å². The summed E-state index contributed by atoms with van der Waals surface area (Å²) in [6.45, 7) is 8.14. The van der Waals surface area contributed by atoms with Gasteiger partial charge in [0.25, 0.3) is 0 Å². The van der Waals surface area contributed by atoms with E-state index in [1.807, 2.05) is 19.1 Å². The van der Waals surface area contributed by atoms with Gasteiger partial charge in [0.2, 0.25) is 0 Å². The summed E-state index contributed by atoms with van der Waals surface area (Å²) in [5.74, 6) is -0.682. The lowest BCUT2D eigenvalue weighted by atomic mass is 10.0. The van der Waals surface area contributed by atoms with Crippen LogP contribution in [0.25, 0.3) is 16.5 Å². The van der Waals surface area contributed by atoms with Gasteiger partial charge in [0.15, 0.2) is 5.78 Å². The number of aliphatic imine (C=N–C) groups is 2. The van der Waals surface area contributed by atoms with Crippen LogP contribution in [0.1, 0.15) is 36.8 Å². The maximum absolute atomic E-state index is 11.8. The lowest BCUT2D eigenvalue weighted by Crippen LogP contribution is -2.10. The van der Waals surface area contributed by atoms with Crippen molar-refractivity contribution in [3.05, 3.63) is 35.7 Å². The number of carboxylic acid groups (broad SMARTS) is 1. The molecule has 0 fully saturated rings. The molecule has 24 heavy (non-hydrogen) atoms. The van der Waals surface area contributed by atoms with Crippen LogP contribution in [0.2, 0.25) is 0 Å². The van der Waals surface area contributed by atoms with E-state index in [1.54, 1.807) is 19.2 Å². The van der Waals surface area contributed by atoms with E-state index < -0.39 is 5.97 Å². The third kappa shape index (κ3) is 3.62. The number of aliphatic carboxylic acids is 1. The van der Waals surface area contributed by atoms with E-state index >= 15 is 0 Å². The van der Waals surface area contributed by atoms with Gasteiger partial charge in [-0.15, -0.1) is 0 Å². The van der Waals surface area contributed by atoms with Crippen molar-refractivity contribution >= 4 is 40.8 Å². The number of hydrogen-bond acceptors (Lipinski definition) is 4. The summed E-state index contributed by atoms with van der Waals surface area (Å²) in [6.07, 6.45) is 1.67. The zero-order chi connectivity index (χ0) is 17.9. The third-order valence-electron chi connectivity index (χ3n) is 3.50. The summed E-state index contributed by atoms with van der Waals surface area (Å²) < 4.78 is 1.32. The summed E-state index contributed by atoms with van der Waals surface area (Å²) in [7, 11) is 0. The number of ketones is 1. The SMILES string of the molecule is C=N/C(C)=N\C=C(/C)c1ccc2c(c1)c(C(C)=O)nn2CC(=O)O. The largest absolute Gasteiger partial charge is 0.480 e. The molecule has 0 aliphatic carbocycles. The molecule has 2 aromatic rings. The number of allylic oxidation sites excluding steroid dienone is 1. The van der Waals surface area contributed by atoms with Crippen LogP contribution in [-0.2, 0) is 11.3 Å². The van der Waals surface area contributed by atoms with E-state index in [9.17, 15) is 9.59 Å². The van der Waals surface area contributed by atoms with E-state index in [2.05, 4.69) is 21.8 Å². The van der Waals surface area contributed by atoms with Crippen molar-refractivity contribution in [1.29, 1.82) is 0 Å². The number of Topliss-reactive ketones (excluding diaryl/α,β-unsaturated/α-hetero) is 1. The molecule has 0 radical (unpaired) electrons. The van der Waals surface area contributed by atoms with Crippen molar-refractivity contribution in [2.24, 2.45) is 9.98 Å². The molecule has 124 valence electrons. The summed E-state index contributed by atoms with van der Waals surface area (Å²) in [4.78, 5) is 30.7. The van der Waals surface area contributed by atoms with Crippen molar-refractivity contribution in [2.75, 3.05) is 0 Å². The van der Waals surface area contributed by atoms with Gasteiger partial charge in [-0.2, -0.15) is 5.10 Å². The molecule has 2 rings (SSSR count). The molecule has 0 saturated heterocycles. The Labute approximate surface area is 139 Å². The Morgan fingerprint density at radius 2 is 2.04 bits per heavy atom. The van der Waals surface area contributed by atoms with Crippen molar-refractivity contribution < 1.29 is 14.7 Å². The first-order chi connectivity index (χ1) is 11.3. The van der Waals surface area contributed by atoms with Gasteiger partial charge in [0.05, 0.1) is 5.52 Å². The summed E-state index contributed by atoms with van der Waals surface area (Å²) in [5.41, 5.74) is 2.60.